The van der Waals surface area contributed by atoms with Crippen LogP contribution in [0.1, 0.15) is 6.42 Å². The van der Waals surface area contributed by atoms with Crippen molar-refractivity contribution in [3.63, 3.8) is 0 Å². The molecule has 0 aromatic carbocycles. The molecule has 0 aromatic rings. The lowest BCUT2D eigenvalue weighted by Gasteiger charge is -2.18. The van der Waals surface area contributed by atoms with E-state index in [0.29, 0.717) is 6.42 Å². The van der Waals surface area contributed by atoms with Gasteiger partial charge in [-0.1, -0.05) is 6.08 Å². The van der Waals surface area contributed by atoms with Gasteiger partial charge in [-0.15, -0.1) is 6.58 Å². The fraction of sp³-hybridized carbons (Fsp3) is 0.714. The fourth-order valence-electron chi connectivity index (χ4n) is 0.720. The highest BCUT2D eigenvalue weighted by Crippen LogP contribution is 1.99. The third kappa shape index (κ3) is 4.92. The third-order valence-electron chi connectivity index (χ3n) is 1.30. The summed E-state index contributed by atoms with van der Waals surface area (Å²) >= 11 is 0. The molecular weight excluding hydrogens is 146 g/mol. The molecule has 0 aliphatic carbocycles. The van der Waals surface area contributed by atoms with Gasteiger partial charge in [0.25, 0.3) is 0 Å². The molecule has 0 amide bonds. The number of hydroxylamine groups is 2. The van der Waals surface area contributed by atoms with Crippen LogP contribution in [0.4, 0.5) is 0 Å². The number of nitrogens with zero attached hydrogens (tertiary/aromatic N) is 1. The highest BCUT2D eigenvalue weighted by molar-refractivity contribution is 4.77. The van der Waals surface area contributed by atoms with Crippen molar-refractivity contribution in [2.24, 2.45) is 0 Å². The number of aliphatic hydroxyl groups is 2. The minimum absolute atomic E-state index is 0.0367. The fourth-order valence-corrected chi connectivity index (χ4v) is 0.720. The van der Waals surface area contributed by atoms with Crippen LogP contribution in [0.15, 0.2) is 12.7 Å². The molecule has 0 radical (unpaired) electrons. The Morgan fingerprint density at radius 3 is 2.36 bits per heavy atom. The Labute approximate surface area is 66.3 Å². The molecule has 0 bridgehead atoms. The maximum absolute atomic E-state index is 9.12. The predicted molar refractivity (Wildman–Crippen MR) is 41.2 cm³/mol. The van der Waals surface area contributed by atoms with E-state index in [-0.39, 0.29) is 6.54 Å². The number of aliphatic hydroxyl groups excluding tert-OH is 2. The Balaban J connectivity index is 3.62. The first-order valence-electron chi connectivity index (χ1n) is 3.45. The van der Waals surface area contributed by atoms with Gasteiger partial charge in [-0.25, -0.2) is 0 Å². The number of rotatable bonds is 5. The van der Waals surface area contributed by atoms with E-state index in [1.807, 2.05) is 0 Å². The summed E-state index contributed by atoms with van der Waals surface area (Å²) in [6.45, 7) is 3.45. The Kier molecular flexibility index (Phi) is 5.06. The van der Waals surface area contributed by atoms with E-state index < -0.39 is 12.2 Å². The summed E-state index contributed by atoms with van der Waals surface area (Å²) in [5.74, 6) is 0. The van der Waals surface area contributed by atoms with Crippen molar-refractivity contribution in [1.82, 2.24) is 5.06 Å². The first-order valence-corrected chi connectivity index (χ1v) is 3.45. The smallest absolute Gasteiger partial charge is 0.0951 e. The lowest BCUT2D eigenvalue weighted by molar-refractivity contribution is -0.109. The topological polar surface area (TPSA) is 63.9 Å². The molecular formula is C7H15NO3. The molecule has 2 atom stereocenters. The van der Waals surface area contributed by atoms with E-state index in [4.69, 9.17) is 15.4 Å². The van der Waals surface area contributed by atoms with E-state index in [2.05, 4.69) is 6.58 Å². The second kappa shape index (κ2) is 5.26. The van der Waals surface area contributed by atoms with Gasteiger partial charge >= 0.3 is 0 Å². The molecule has 4 nitrogen and oxygen atoms in total. The molecule has 4 heteroatoms. The molecule has 2 unspecified atom stereocenters. The van der Waals surface area contributed by atoms with Gasteiger partial charge in [-0.3, -0.25) is 0 Å². The van der Waals surface area contributed by atoms with Gasteiger partial charge in [0.05, 0.1) is 18.8 Å². The van der Waals surface area contributed by atoms with Crippen molar-refractivity contribution in [3.8, 4) is 0 Å². The van der Waals surface area contributed by atoms with E-state index in [1.165, 1.54) is 13.1 Å². The standard InChI is InChI=1S/C7H15NO3/c1-3-4-6(9)7(10)5-8(2)11/h3,6-7,9-11H,1,4-5H2,2H3. The molecule has 0 fully saturated rings. The Bertz CT molecular complexity index is 116. The molecule has 11 heavy (non-hydrogen) atoms. The largest absolute Gasteiger partial charge is 0.390 e. The van der Waals surface area contributed by atoms with E-state index in [9.17, 15) is 0 Å². The molecule has 3 N–H and O–H groups in total. The van der Waals surface area contributed by atoms with Gasteiger partial charge < -0.3 is 15.4 Å². The maximum Gasteiger partial charge on any atom is 0.0951 e. The van der Waals surface area contributed by atoms with Gasteiger partial charge in [-0.05, 0) is 6.42 Å². The molecule has 0 saturated carbocycles. The Morgan fingerprint density at radius 1 is 1.45 bits per heavy atom. The number of hydrogen-bond donors (Lipinski definition) is 3. The Hall–Kier alpha value is -0.420. The van der Waals surface area contributed by atoms with Gasteiger partial charge in [0.2, 0.25) is 0 Å². The highest BCUT2D eigenvalue weighted by Gasteiger charge is 2.15. The van der Waals surface area contributed by atoms with Crippen LogP contribution in [0.3, 0.4) is 0 Å². The van der Waals surface area contributed by atoms with Crippen LogP contribution in [0.5, 0.6) is 0 Å². The zero-order valence-electron chi connectivity index (χ0n) is 6.64. The van der Waals surface area contributed by atoms with Gasteiger partial charge in [0.15, 0.2) is 0 Å². The molecule has 0 aromatic heterocycles. The molecule has 0 aliphatic heterocycles. The zero-order valence-corrected chi connectivity index (χ0v) is 6.64. The molecule has 0 rings (SSSR count). The average Bonchev–Trinajstić information content (AvgIpc) is 1.86. The van der Waals surface area contributed by atoms with Crippen LogP contribution in [0, 0.1) is 0 Å². The Morgan fingerprint density at radius 2 is 2.00 bits per heavy atom. The van der Waals surface area contributed by atoms with E-state index in [1.54, 1.807) is 0 Å². The van der Waals surface area contributed by atoms with Gasteiger partial charge in [0, 0.05) is 7.05 Å². The van der Waals surface area contributed by atoms with Crippen molar-refractivity contribution < 1.29 is 15.4 Å². The summed E-state index contributed by atoms with van der Waals surface area (Å²) in [4.78, 5) is 0. The van der Waals surface area contributed by atoms with E-state index >= 15 is 0 Å². The molecule has 0 saturated heterocycles. The highest BCUT2D eigenvalue weighted by atomic mass is 16.5. The monoisotopic (exact) mass is 161 g/mol. The van der Waals surface area contributed by atoms with Crippen molar-refractivity contribution in [3.05, 3.63) is 12.7 Å². The van der Waals surface area contributed by atoms with Crippen molar-refractivity contribution in [2.45, 2.75) is 18.6 Å². The van der Waals surface area contributed by atoms with Crippen LogP contribution < -0.4 is 0 Å². The van der Waals surface area contributed by atoms with Gasteiger partial charge in [-0.2, -0.15) is 5.06 Å². The number of hydrogen-bond acceptors (Lipinski definition) is 4. The van der Waals surface area contributed by atoms with Crippen LogP contribution in [0.25, 0.3) is 0 Å². The quantitative estimate of drug-likeness (QED) is 0.379. The minimum atomic E-state index is -0.928. The normalized spacial score (nSPS) is 16.5. The first kappa shape index (κ1) is 10.6. The van der Waals surface area contributed by atoms with Gasteiger partial charge in [0.1, 0.15) is 0 Å². The van der Waals surface area contributed by atoms with Crippen molar-refractivity contribution in [1.29, 1.82) is 0 Å². The average molecular weight is 161 g/mol. The second-order valence-electron chi connectivity index (χ2n) is 2.50. The minimum Gasteiger partial charge on any atom is -0.390 e. The summed E-state index contributed by atoms with van der Waals surface area (Å²) in [5.41, 5.74) is 0. The summed E-state index contributed by atoms with van der Waals surface area (Å²) in [6, 6.07) is 0. The van der Waals surface area contributed by atoms with Crippen molar-refractivity contribution >= 4 is 0 Å². The molecule has 0 spiro atoms. The lowest BCUT2D eigenvalue weighted by atomic mass is 10.1. The molecule has 66 valence electrons. The van der Waals surface area contributed by atoms with Crippen LogP contribution in [0.2, 0.25) is 0 Å². The number of likely N-dealkylation sites (N-methyl/N-ethyl adjacent to an activating group) is 1. The second-order valence-corrected chi connectivity index (χ2v) is 2.50. The van der Waals surface area contributed by atoms with Crippen LogP contribution >= 0.6 is 0 Å². The van der Waals surface area contributed by atoms with E-state index in [0.717, 1.165) is 5.06 Å². The summed E-state index contributed by atoms with van der Waals surface area (Å²) in [6.07, 6.45) is 0.0744. The SMILES string of the molecule is C=CCC(O)C(O)CN(C)O. The summed E-state index contributed by atoms with van der Waals surface area (Å²) in [7, 11) is 1.41. The molecule has 0 aliphatic rings. The third-order valence-corrected chi connectivity index (χ3v) is 1.30. The van der Waals surface area contributed by atoms with Crippen LogP contribution in [-0.2, 0) is 0 Å². The summed E-state index contributed by atoms with van der Waals surface area (Å²) < 4.78 is 0. The van der Waals surface area contributed by atoms with Crippen molar-refractivity contribution in [2.75, 3.05) is 13.6 Å². The maximum atomic E-state index is 9.12. The van der Waals surface area contributed by atoms with Crippen LogP contribution in [-0.4, -0.2) is 46.3 Å². The zero-order chi connectivity index (χ0) is 8.85. The summed E-state index contributed by atoms with van der Waals surface area (Å²) in [5, 5.41) is 27.7. The molecule has 0 heterocycles. The first-order chi connectivity index (χ1) is 5.07. The lowest BCUT2D eigenvalue weighted by Crippen LogP contribution is -2.35. The predicted octanol–water partition coefficient (Wildman–Crippen LogP) is -0.395.